The SMILES string of the molecule is c1ccc(C2=Nc3cc4c5ccccc5n(-c5cccc(-c6ccccc6)c5)c4cc3C2(c2ccccc2)c2ccccc2)cc1. The normalized spacial score (nSPS) is 13.5. The molecule has 216 valence electrons. The largest absolute Gasteiger partial charge is 0.309 e. The van der Waals surface area contributed by atoms with Gasteiger partial charge in [0, 0.05) is 22.0 Å². The zero-order chi connectivity index (χ0) is 30.5. The number of aliphatic imine (C=N–C) groups is 1. The number of rotatable bonds is 5. The molecular weight excluding hydrogens is 556 g/mol. The van der Waals surface area contributed by atoms with Gasteiger partial charge in [0.1, 0.15) is 0 Å². The first-order chi connectivity index (χ1) is 22.8. The van der Waals surface area contributed by atoms with Gasteiger partial charge in [0.15, 0.2) is 0 Å². The van der Waals surface area contributed by atoms with Gasteiger partial charge in [-0.2, -0.15) is 0 Å². The minimum absolute atomic E-state index is 0.597. The molecule has 0 N–H and O–H groups in total. The lowest BCUT2D eigenvalue weighted by Gasteiger charge is -2.34. The summed E-state index contributed by atoms with van der Waals surface area (Å²) in [6.07, 6.45) is 0. The van der Waals surface area contributed by atoms with Crippen molar-refractivity contribution in [2.75, 3.05) is 0 Å². The van der Waals surface area contributed by atoms with Gasteiger partial charge in [-0.3, -0.25) is 4.99 Å². The smallest absolute Gasteiger partial charge is 0.0901 e. The van der Waals surface area contributed by atoms with Gasteiger partial charge in [0.25, 0.3) is 0 Å². The molecule has 0 unspecified atom stereocenters. The summed E-state index contributed by atoms with van der Waals surface area (Å²) >= 11 is 0. The third kappa shape index (κ3) is 3.94. The van der Waals surface area contributed by atoms with Crippen LogP contribution in [0.2, 0.25) is 0 Å². The van der Waals surface area contributed by atoms with Crippen LogP contribution < -0.4 is 0 Å². The molecule has 9 rings (SSSR count). The summed E-state index contributed by atoms with van der Waals surface area (Å²) < 4.78 is 2.43. The Morgan fingerprint density at radius 2 is 0.978 bits per heavy atom. The first kappa shape index (κ1) is 26.4. The monoisotopic (exact) mass is 586 g/mol. The van der Waals surface area contributed by atoms with Crippen LogP contribution in [-0.4, -0.2) is 10.3 Å². The summed E-state index contributed by atoms with van der Waals surface area (Å²) in [4.78, 5) is 5.53. The van der Waals surface area contributed by atoms with Gasteiger partial charge in [-0.25, -0.2) is 0 Å². The summed E-state index contributed by atoms with van der Waals surface area (Å²) in [5, 5.41) is 2.42. The quantitative estimate of drug-likeness (QED) is 0.191. The maximum Gasteiger partial charge on any atom is 0.0901 e. The topological polar surface area (TPSA) is 17.3 Å². The highest BCUT2D eigenvalue weighted by Gasteiger charge is 2.47. The van der Waals surface area contributed by atoms with E-state index < -0.39 is 5.41 Å². The van der Waals surface area contributed by atoms with E-state index in [-0.39, 0.29) is 0 Å². The standard InChI is InChI=1S/C44H30N2/c1-5-16-31(17-6-1)33-20-15-25-36(28-33)46-41-27-14-13-26-37(41)38-29-40-39(30-42(38)46)44(34-21-9-3-10-22-34,35-23-11-4-12-24-35)43(45-40)32-18-7-2-8-19-32/h1-30H. The zero-order valence-electron chi connectivity index (χ0n) is 25.2. The Morgan fingerprint density at radius 3 is 1.65 bits per heavy atom. The molecular formula is C44H30N2. The van der Waals surface area contributed by atoms with E-state index in [1.54, 1.807) is 0 Å². The molecule has 46 heavy (non-hydrogen) atoms. The number of benzene rings is 7. The first-order valence-electron chi connectivity index (χ1n) is 15.8. The highest BCUT2D eigenvalue weighted by Crippen LogP contribution is 2.53. The number of hydrogen-bond acceptors (Lipinski definition) is 1. The molecule has 2 heterocycles. The Balaban J connectivity index is 1.39. The maximum atomic E-state index is 5.53. The molecule has 0 aliphatic carbocycles. The van der Waals surface area contributed by atoms with Crippen LogP contribution in [0.25, 0.3) is 38.6 Å². The Bertz CT molecular complexity index is 2350. The summed E-state index contributed by atoms with van der Waals surface area (Å²) in [7, 11) is 0. The fourth-order valence-electron chi connectivity index (χ4n) is 7.47. The summed E-state index contributed by atoms with van der Waals surface area (Å²) in [6, 6.07) is 65.4. The molecule has 0 radical (unpaired) electrons. The molecule has 0 fully saturated rings. The van der Waals surface area contributed by atoms with Crippen molar-refractivity contribution >= 4 is 33.2 Å². The third-order valence-corrected chi connectivity index (χ3v) is 9.45. The van der Waals surface area contributed by atoms with Crippen molar-refractivity contribution in [3.05, 3.63) is 204 Å². The molecule has 2 heteroatoms. The van der Waals surface area contributed by atoms with E-state index in [1.165, 1.54) is 49.6 Å². The van der Waals surface area contributed by atoms with Crippen LogP contribution in [0.3, 0.4) is 0 Å². The van der Waals surface area contributed by atoms with E-state index in [0.717, 1.165) is 22.6 Å². The van der Waals surface area contributed by atoms with Gasteiger partial charge in [-0.1, -0.05) is 152 Å². The van der Waals surface area contributed by atoms with E-state index in [2.05, 4.69) is 187 Å². The van der Waals surface area contributed by atoms with Crippen LogP contribution in [0.5, 0.6) is 0 Å². The lowest BCUT2D eigenvalue weighted by atomic mass is 9.65. The first-order valence-corrected chi connectivity index (χ1v) is 15.8. The van der Waals surface area contributed by atoms with Crippen molar-refractivity contribution in [2.24, 2.45) is 4.99 Å². The van der Waals surface area contributed by atoms with Crippen LogP contribution in [0.4, 0.5) is 5.69 Å². The Kier molecular flexibility index (Phi) is 6.07. The molecule has 1 aliphatic rings. The van der Waals surface area contributed by atoms with Gasteiger partial charge >= 0.3 is 0 Å². The number of aromatic nitrogens is 1. The second-order valence-electron chi connectivity index (χ2n) is 12.0. The van der Waals surface area contributed by atoms with E-state index in [0.29, 0.717) is 0 Å². The highest BCUT2D eigenvalue weighted by atomic mass is 15.0. The predicted octanol–water partition coefficient (Wildman–Crippen LogP) is 10.9. The molecule has 2 nitrogen and oxygen atoms in total. The van der Waals surface area contributed by atoms with E-state index in [9.17, 15) is 0 Å². The van der Waals surface area contributed by atoms with Crippen molar-refractivity contribution in [1.82, 2.24) is 4.57 Å². The molecule has 8 aromatic rings. The molecule has 0 atom stereocenters. The predicted molar refractivity (Wildman–Crippen MR) is 192 cm³/mol. The van der Waals surface area contributed by atoms with E-state index in [4.69, 9.17) is 4.99 Å². The lowest BCUT2D eigenvalue weighted by molar-refractivity contribution is 0.851. The summed E-state index contributed by atoms with van der Waals surface area (Å²) in [5.41, 5.74) is 12.1. The van der Waals surface area contributed by atoms with E-state index >= 15 is 0 Å². The second-order valence-corrected chi connectivity index (χ2v) is 12.0. The molecule has 0 amide bonds. The number of fused-ring (bicyclic) bond motifs is 4. The third-order valence-electron chi connectivity index (χ3n) is 9.45. The second kappa shape index (κ2) is 10.6. The van der Waals surface area contributed by atoms with Crippen LogP contribution in [0.1, 0.15) is 22.3 Å². The minimum Gasteiger partial charge on any atom is -0.309 e. The molecule has 1 aliphatic heterocycles. The van der Waals surface area contributed by atoms with Gasteiger partial charge in [-0.05, 0) is 58.1 Å². The van der Waals surface area contributed by atoms with Crippen LogP contribution in [-0.2, 0) is 5.41 Å². The Labute approximate surface area is 268 Å². The fraction of sp³-hybridized carbons (Fsp3) is 0.0227. The van der Waals surface area contributed by atoms with Crippen LogP contribution >= 0.6 is 0 Å². The van der Waals surface area contributed by atoms with Gasteiger partial charge in [0.05, 0.1) is 27.8 Å². The van der Waals surface area contributed by atoms with Gasteiger partial charge < -0.3 is 4.57 Å². The molecule has 0 saturated heterocycles. The molecule has 7 aromatic carbocycles. The molecule has 0 saturated carbocycles. The van der Waals surface area contributed by atoms with Crippen molar-refractivity contribution in [2.45, 2.75) is 5.41 Å². The van der Waals surface area contributed by atoms with Crippen molar-refractivity contribution in [3.63, 3.8) is 0 Å². The van der Waals surface area contributed by atoms with Crippen LogP contribution in [0, 0.1) is 0 Å². The van der Waals surface area contributed by atoms with Crippen molar-refractivity contribution < 1.29 is 0 Å². The van der Waals surface area contributed by atoms with Crippen molar-refractivity contribution in [3.8, 4) is 16.8 Å². The highest BCUT2D eigenvalue weighted by molar-refractivity contribution is 6.19. The fourth-order valence-corrected chi connectivity index (χ4v) is 7.47. The number of para-hydroxylation sites is 1. The summed E-state index contributed by atoms with van der Waals surface area (Å²) in [6.45, 7) is 0. The van der Waals surface area contributed by atoms with Gasteiger partial charge in [-0.15, -0.1) is 0 Å². The van der Waals surface area contributed by atoms with Gasteiger partial charge in [0.2, 0.25) is 0 Å². The molecule has 1 aromatic heterocycles. The summed E-state index contributed by atoms with van der Waals surface area (Å²) in [5.74, 6) is 0. The van der Waals surface area contributed by atoms with Crippen molar-refractivity contribution in [1.29, 1.82) is 0 Å². The lowest BCUT2D eigenvalue weighted by Crippen LogP contribution is -2.36. The zero-order valence-corrected chi connectivity index (χ0v) is 25.2. The Hall–Kier alpha value is -5.99. The number of hydrogen-bond donors (Lipinski definition) is 0. The molecule has 0 bridgehead atoms. The Morgan fingerprint density at radius 1 is 0.413 bits per heavy atom. The average Bonchev–Trinajstić information content (AvgIpc) is 3.65. The minimum atomic E-state index is -0.597. The maximum absolute atomic E-state index is 5.53. The molecule has 0 spiro atoms. The van der Waals surface area contributed by atoms with Crippen LogP contribution in [0.15, 0.2) is 187 Å². The number of nitrogens with zero attached hydrogens (tertiary/aromatic N) is 2. The average molecular weight is 587 g/mol. The van der Waals surface area contributed by atoms with E-state index in [1.807, 2.05) is 0 Å².